The smallest absolute Gasteiger partial charge is 0.0655 e. The summed E-state index contributed by atoms with van der Waals surface area (Å²) in [7, 11) is 0. The average molecular weight is 197 g/mol. The molecule has 0 amide bonds. The predicted octanol–water partition coefficient (Wildman–Crippen LogP) is 3.65. The summed E-state index contributed by atoms with van der Waals surface area (Å²) in [6, 6.07) is 0.660. The molecular weight excluding hydrogens is 178 g/mol. The largest absolute Gasteiger partial charge is 0.377 e. The molecule has 0 bridgehead atoms. The number of thioether (sulfide) groups is 1. The molecular formula is C11H19NS. The summed E-state index contributed by atoms with van der Waals surface area (Å²) in [4.78, 5) is 1.10. The van der Waals surface area contributed by atoms with Crippen molar-refractivity contribution >= 4 is 11.8 Å². The van der Waals surface area contributed by atoms with E-state index in [1.807, 2.05) is 6.92 Å². The van der Waals surface area contributed by atoms with Gasteiger partial charge in [-0.2, -0.15) is 0 Å². The maximum absolute atomic E-state index is 3.98. The first kappa shape index (κ1) is 10.7. The third-order valence-corrected chi connectivity index (χ3v) is 2.98. The van der Waals surface area contributed by atoms with Gasteiger partial charge in [0.05, 0.1) is 5.03 Å². The molecule has 1 aliphatic rings. The SMILES string of the molecule is C=C(C)SC(=C)NC1CCCCC1. The minimum Gasteiger partial charge on any atom is -0.377 e. The average Bonchev–Trinajstić information content (AvgIpc) is 2.04. The van der Waals surface area contributed by atoms with E-state index >= 15 is 0 Å². The summed E-state index contributed by atoms with van der Waals surface area (Å²) < 4.78 is 0. The molecule has 2 heteroatoms. The van der Waals surface area contributed by atoms with Crippen molar-refractivity contribution in [1.29, 1.82) is 0 Å². The molecule has 74 valence electrons. The maximum Gasteiger partial charge on any atom is 0.0655 e. The van der Waals surface area contributed by atoms with Crippen LogP contribution in [0.5, 0.6) is 0 Å². The van der Waals surface area contributed by atoms with E-state index in [-0.39, 0.29) is 0 Å². The van der Waals surface area contributed by atoms with Crippen LogP contribution in [0.1, 0.15) is 39.0 Å². The Labute approximate surface area is 85.7 Å². The highest BCUT2D eigenvalue weighted by Gasteiger charge is 2.13. The normalized spacial score (nSPS) is 18.2. The van der Waals surface area contributed by atoms with Gasteiger partial charge in [-0.25, -0.2) is 0 Å². The Hall–Kier alpha value is -0.370. The second kappa shape index (κ2) is 5.38. The molecule has 0 unspecified atom stereocenters. The zero-order valence-electron chi connectivity index (χ0n) is 8.44. The molecule has 0 radical (unpaired) electrons. The summed E-state index contributed by atoms with van der Waals surface area (Å²) in [5.74, 6) is 0. The van der Waals surface area contributed by atoms with E-state index in [4.69, 9.17) is 0 Å². The summed E-state index contributed by atoms with van der Waals surface area (Å²) in [5.41, 5.74) is 0. The molecule has 0 atom stereocenters. The fourth-order valence-corrected chi connectivity index (χ4v) is 2.36. The molecule has 0 saturated heterocycles. The van der Waals surface area contributed by atoms with Crippen LogP contribution in [0.2, 0.25) is 0 Å². The summed E-state index contributed by atoms with van der Waals surface area (Å²) in [5, 5.41) is 4.51. The van der Waals surface area contributed by atoms with Crippen molar-refractivity contribution in [2.75, 3.05) is 0 Å². The van der Waals surface area contributed by atoms with Crippen molar-refractivity contribution in [1.82, 2.24) is 5.32 Å². The van der Waals surface area contributed by atoms with Crippen LogP contribution >= 0.6 is 11.8 Å². The topological polar surface area (TPSA) is 12.0 Å². The van der Waals surface area contributed by atoms with E-state index in [0.29, 0.717) is 6.04 Å². The van der Waals surface area contributed by atoms with Crippen LogP contribution in [0.4, 0.5) is 0 Å². The quantitative estimate of drug-likeness (QED) is 0.738. The lowest BCUT2D eigenvalue weighted by Crippen LogP contribution is -2.28. The number of rotatable bonds is 4. The molecule has 0 aliphatic heterocycles. The van der Waals surface area contributed by atoms with Gasteiger partial charge >= 0.3 is 0 Å². The minimum atomic E-state index is 0.660. The standard InChI is InChI=1S/C11H19NS/c1-9(2)13-10(3)12-11-7-5-4-6-8-11/h11-12H,1,3-8H2,2H3. The van der Waals surface area contributed by atoms with E-state index < -0.39 is 0 Å². The predicted molar refractivity (Wildman–Crippen MR) is 61.6 cm³/mol. The Morgan fingerprint density at radius 2 is 1.85 bits per heavy atom. The molecule has 0 aromatic carbocycles. The number of nitrogens with one attached hydrogen (secondary N) is 1. The lowest BCUT2D eigenvalue weighted by Gasteiger charge is -2.24. The number of hydrogen-bond donors (Lipinski definition) is 1. The van der Waals surface area contributed by atoms with E-state index in [1.165, 1.54) is 32.1 Å². The Morgan fingerprint density at radius 1 is 1.23 bits per heavy atom. The molecule has 0 heterocycles. The van der Waals surface area contributed by atoms with Gasteiger partial charge in [-0.3, -0.25) is 0 Å². The molecule has 0 aromatic rings. The summed E-state index contributed by atoms with van der Waals surface area (Å²) >= 11 is 1.65. The van der Waals surface area contributed by atoms with Gasteiger partial charge in [0, 0.05) is 6.04 Å². The van der Waals surface area contributed by atoms with Crippen molar-refractivity contribution < 1.29 is 0 Å². The van der Waals surface area contributed by atoms with Crippen molar-refractivity contribution in [2.45, 2.75) is 45.1 Å². The monoisotopic (exact) mass is 197 g/mol. The summed E-state index contributed by atoms with van der Waals surface area (Å²) in [6.07, 6.45) is 6.73. The van der Waals surface area contributed by atoms with Crippen molar-refractivity contribution in [3.05, 3.63) is 23.1 Å². The molecule has 1 N–H and O–H groups in total. The highest BCUT2D eigenvalue weighted by molar-refractivity contribution is 8.06. The molecule has 1 fully saturated rings. The second-order valence-electron chi connectivity index (χ2n) is 3.71. The minimum absolute atomic E-state index is 0.660. The highest BCUT2D eigenvalue weighted by atomic mass is 32.2. The third-order valence-electron chi connectivity index (χ3n) is 2.27. The molecule has 0 spiro atoms. The first-order chi connectivity index (χ1) is 6.18. The van der Waals surface area contributed by atoms with Gasteiger partial charge in [0.1, 0.15) is 0 Å². The van der Waals surface area contributed by atoms with Crippen molar-refractivity contribution in [3.63, 3.8) is 0 Å². The fraction of sp³-hybridized carbons (Fsp3) is 0.636. The molecule has 1 aliphatic carbocycles. The number of hydrogen-bond acceptors (Lipinski definition) is 2. The lowest BCUT2D eigenvalue weighted by molar-refractivity contribution is 0.402. The lowest BCUT2D eigenvalue weighted by atomic mass is 9.96. The van der Waals surface area contributed by atoms with Gasteiger partial charge in [0.2, 0.25) is 0 Å². The zero-order chi connectivity index (χ0) is 9.68. The maximum atomic E-state index is 3.98. The van der Waals surface area contributed by atoms with Crippen LogP contribution < -0.4 is 5.32 Å². The van der Waals surface area contributed by atoms with Crippen LogP contribution in [0.3, 0.4) is 0 Å². The van der Waals surface area contributed by atoms with Crippen LogP contribution in [0, 0.1) is 0 Å². The van der Waals surface area contributed by atoms with Crippen molar-refractivity contribution in [3.8, 4) is 0 Å². The molecule has 1 saturated carbocycles. The van der Waals surface area contributed by atoms with E-state index in [1.54, 1.807) is 11.8 Å². The van der Waals surface area contributed by atoms with Crippen LogP contribution in [-0.2, 0) is 0 Å². The van der Waals surface area contributed by atoms with E-state index in [0.717, 1.165) is 9.93 Å². The Kier molecular flexibility index (Phi) is 4.43. The molecule has 1 nitrogen and oxygen atoms in total. The Balaban J connectivity index is 2.22. The number of allylic oxidation sites excluding steroid dienone is 1. The van der Waals surface area contributed by atoms with Crippen LogP contribution in [0.15, 0.2) is 23.1 Å². The Bertz CT molecular complexity index is 192. The van der Waals surface area contributed by atoms with E-state index in [9.17, 15) is 0 Å². The van der Waals surface area contributed by atoms with Gasteiger partial charge < -0.3 is 5.32 Å². The fourth-order valence-electron chi connectivity index (χ4n) is 1.71. The van der Waals surface area contributed by atoms with E-state index in [2.05, 4.69) is 18.5 Å². The van der Waals surface area contributed by atoms with Gasteiger partial charge in [-0.1, -0.05) is 44.2 Å². The van der Waals surface area contributed by atoms with Crippen molar-refractivity contribution in [2.24, 2.45) is 0 Å². The first-order valence-electron chi connectivity index (χ1n) is 4.97. The van der Waals surface area contributed by atoms with Gasteiger partial charge in [0.25, 0.3) is 0 Å². The molecule has 1 rings (SSSR count). The van der Waals surface area contributed by atoms with Crippen LogP contribution in [0.25, 0.3) is 0 Å². The molecule has 13 heavy (non-hydrogen) atoms. The third kappa shape index (κ3) is 4.41. The Morgan fingerprint density at radius 3 is 2.38 bits per heavy atom. The van der Waals surface area contributed by atoms with Gasteiger partial charge in [-0.15, -0.1) is 0 Å². The zero-order valence-corrected chi connectivity index (χ0v) is 9.25. The highest BCUT2D eigenvalue weighted by Crippen LogP contribution is 2.23. The first-order valence-corrected chi connectivity index (χ1v) is 5.79. The summed E-state index contributed by atoms with van der Waals surface area (Å²) in [6.45, 7) is 9.84. The second-order valence-corrected chi connectivity index (χ2v) is 5.10. The van der Waals surface area contributed by atoms with Gasteiger partial charge in [0.15, 0.2) is 0 Å². The van der Waals surface area contributed by atoms with Gasteiger partial charge in [-0.05, 0) is 24.7 Å². The molecule has 0 aromatic heterocycles. The van der Waals surface area contributed by atoms with Crippen LogP contribution in [-0.4, -0.2) is 6.04 Å².